The van der Waals surface area contributed by atoms with Crippen molar-refractivity contribution in [2.75, 3.05) is 11.9 Å². The van der Waals surface area contributed by atoms with Crippen molar-refractivity contribution in [3.63, 3.8) is 0 Å². The zero-order chi connectivity index (χ0) is 13.0. The van der Waals surface area contributed by atoms with E-state index in [0.717, 1.165) is 30.2 Å². The van der Waals surface area contributed by atoms with E-state index in [2.05, 4.69) is 39.1 Å². The maximum Gasteiger partial charge on any atom is 0.226 e. The Kier molecular flexibility index (Phi) is 4.36. The zero-order valence-electron chi connectivity index (χ0n) is 10.7. The lowest BCUT2D eigenvalue weighted by Gasteiger charge is -2.07. The number of hydrogen-bond donors (Lipinski definition) is 2. The van der Waals surface area contributed by atoms with Gasteiger partial charge in [0.25, 0.3) is 0 Å². The SMILES string of the molecule is CC(C)CCCCNc1nc(Cl)nc2nc[nH]c12. The van der Waals surface area contributed by atoms with Crippen LogP contribution in [0.1, 0.15) is 33.1 Å². The molecule has 2 aromatic heterocycles. The second kappa shape index (κ2) is 6.00. The van der Waals surface area contributed by atoms with Crippen LogP contribution in [0.25, 0.3) is 11.2 Å². The molecule has 2 aromatic rings. The lowest BCUT2D eigenvalue weighted by Crippen LogP contribution is -2.05. The Morgan fingerprint density at radius 3 is 2.94 bits per heavy atom. The molecular formula is C12H18ClN5. The lowest BCUT2D eigenvalue weighted by molar-refractivity contribution is 0.544. The molecule has 2 rings (SSSR count). The van der Waals surface area contributed by atoms with E-state index in [1.54, 1.807) is 6.33 Å². The molecule has 0 amide bonds. The van der Waals surface area contributed by atoms with Crippen LogP contribution in [0.15, 0.2) is 6.33 Å². The fourth-order valence-electron chi connectivity index (χ4n) is 1.82. The molecule has 5 nitrogen and oxygen atoms in total. The summed E-state index contributed by atoms with van der Waals surface area (Å²) < 4.78 is 0. The maximum atomic E-state index is 5.85. The van der Waals surface area contributed by atoms with Crippen LogP contribution in [0.3, 0.4) is 0 Å². The molecule has 0 saturated heterocycles. The van der Waals surface area contributed by atoms with E-state index in [0.29, 0.717) is 5.65 Å². The number of halogens is 1. The first-order chi connectivity index (χ1) is 8.66. The third-order valence-corrected chi connectivity index (χ3v) is 2.93. The predicted octanol–water partition coefficient (Wildman–Crippen LogP) is 3.24. The van der Waals surface area contributed by atoms with E-state index in [9.17, 15) is 0 Å². The summed E-state index contributed by atoms with van der Waals surface area (Å²) in [6.45, 7) is 5.37. The van der Waals surface area contributed by atoms with Crippen molar-refractivity contribution in [3.8, 4) is 0 Å². The van der Waals surface area contributed by atoms with Crippen molar-refractivity contribution in [2.24, 2.45) is 5.92 Å². The summed E-state index contributed by atoms with van der Waals surface area (Å²) >= 11 is 5.85. The number of hydrogen-bond acceptors (Lipinski definition) is 4. The fourth-order valence-corrected chi connectivity index (χ4v) is 1.98. The number of fused-ring (bicyclic) bond motifs is 1. The standard InChI is InChI=1S/C12H18ClN5/c1-8(2)5-3-4-6-14-10-9-11(16-7-15-9)18-12(13)17-10/h7-8H,3-6H2,1-2H3,(H2,14,15,16,17,18). The summed E-state index contributed by atoms with van der Waals surface area (Å²) in [7, 11) is 0. The van der Waals surface area contributed by atoms with Gasteiger partial charge in [0, 0.05) is 6.54 Å². The third-order valence-electron chi connectivity index (χ3n) is 2.76. The molecule has 2 heterocycles. The normalized spacial score (nSPS) is 11.3. The van der Waals surface area contributed by atoms with Crippen LogP contribution >= 0.6 is 11.6 Å². The average Bonchev–Trinajstić information content (AvgIpc) is 2.75. The van der Waals surface area contributed by atoms with Gasteiger partial charge in [-0.2, -0.15) is 9.97 Å². The van der Waals surface area contributed by atoms with Gasteiger partial charge < -0.3 is 10.3 Å². The molecule has 0 aliphatic heterocycles. The van der Waals surface area contributed by atoms with Crippen LogP contribution in [0.4, 0.5) is 5.82 Å². The number of imidazole rings is 1. The first-order valence-electron chi connectivity index (χ1n) is 6.27. The Labute approximate surface area is 111 Å². The molecule has 0 aliphatic carbocycles. The van der Waals surface area contributed by atoms with Crippen molar-refractivity contribution >= 4 is 28.6 Å². The average molecular weight is 268 g/mol. The number of unbranched alkanes of at least 4 members (excludes halogenated alkanes) is 1. The van der Waals surface area contributed by atoms with Gasteiger partial charge in [-0.05, 0) is 23.9 Å². The van der Waals surface area contributed by atoms with E-state index in [1.807, 2.05) is 0 Å². The topological polar surface area (TPSA) is 66.5 Å². The van der Waals surface area contributed by atoms with Crippen molar-refractivity contribution in [1.29, 1.82) is 0 Å². The Balaban J connectivity index is 1.93. The van der Waals surface area contributed by atoms with Crippen LogP contribution in [0.5, 0.6) is 0 Å². The van der Waals surface area contributed by atoms with E-state index < -0.39 is 0 Å². The number of aromatic amines is 1. The smallest absolute Gasteiger partial charge is 0.226 e. The highest BCUT2D eigenvalue weighted by Gasteiger charge is 2.07. The van der Waals surface area contributed by atoms with E-state index in [4.69, 9.17) is 11.6 Å². The van der Waals surface area contributed by atoms with Gasteiger partial charge in [-0.15, -0.1) is 0 Å². The van der Waals surface area contributed by atoms with E-state index >= 15 is 0 Å². The second-order valence-electron chi connectivity index (χ2n) is 4.76. The minimum absolute atomic E-state index is 0.222. The minimum atomic E-state index is 0.222. The van der Waals surface area contributed by atoms with Gasteiger partial charge in [0.15, 0.2) is 11.5 Å². The largest absolute Gasteiger partial charge is 0.368 e. The first kappa shape index (κ1) is 13.1. The molecule has 0 fully saturated rings. The third kappa shape index (κ3) is 3.32. The summed E-state index contributed by atoms with van der Waals surface area (Å²) in [5, 5.41) is 3.50. The summed E-state index contributed by atoms with van der Waals surface area (Å²) in [5.74, 6) is 1.49. The first-order valence-corrected chi connectivity index (χ1v) is 6.65. The van der Waals surface area contributed by atoms with E-state index in [1.165, 1.54) is 12.8 Å². The van der Waals surface area contributed by atoms with Crippen LogP contribution in [-0.2, 0) is 0 Å². The monoisotopic (exact) mass is 267 g/mol. The summed E-state index contributed by atoms with van der Waals surface area (Å²) in [4.78, 5) is 15.3. The predicted molar refractivity (Wildman–Crippen MR) is 73.9 cm³/mol. The second-order valence-corrected chi connectivity index (χ2v) is 5.10. The molecule has 0 unspecified atom stereocenters. The molecule has 0 aliphatic rings. The quantitative estimate of drug-likeness (QED) is 0.623. The van der Waals surface area contributed by atoms with Gasteiger partial charge in [0.1, 0.15) is 5.52 Å². The Morgan fingerprint density at radius 1 is 1.33 bits per heavy atom. The molecule has 0 atom stereocenters. The number of nitrogens with zero attached hydrogens (tertiary/aromatic N) is 3. The molecule has 0 aromatic carbocycles. The molecule has 98 valence electrons. The number of aromatic nitrogens is 4. The lowest BCUT2D eigenvalue weighted by atomic mass is 10.1. The minimum Gasteiger partial charge on any atom is -0.368 e. The molecule has 6 heteroatoms. The Bertz CT molecular complexity index is 508. The van der Waals surface area contributed by atoms with Gasteiger partial charge in [-0.3, -0.25) is 0 Å². The van der Waals surface area contributed by atoms with Crippen molar-refractivity contribution in [2.45, 2.75) is 33.1 Å². The number of H-pyrrole nitrogens is 1. The van der Waals surface area contributed by atoms with Gasteiger partial charge in [0.2, 0.25) is 5.28 Å². The highest BCUT2D eigenvalue weighted by atomic mass is 35.5. The van der Waals surface area contributed by atoms with Gasteiger partial charge >= 0.3 is 0 Å². The molecule has 0 bridgehead atoms. The van der Waals surface area contributed by atoms with Crippen molar-refractivity contribution < 1.29 is 0 Å². The Hall–Kier alpha value is -1.36. The van der Waals surface area contributed by atoms with Crippen LogP contribution < -0.4 is 5.32 Å². The summed E-state index contributed by atoms with van der Waals surface area (Å²) in [6.07, 6.45) is 5.19. The van der Waals surface area contributed by atoms with E-state index in [-0.39, 0.29) is 5.28 Å². The van der Waals surface area contributed by atoms with Crippen LogP contribution in [0.2, 0.25) is 5.28 Å². The molecule has 0 radical (unpaired) electrons. The van der Waals surface area contributed by atoms with Crippen LogP contribution in [-0.4, -0.2) is 26.5 Å². The van der Waals surface area contributed by atoms with Gasteiger partial charge in [-0.1, -0.05) is 26.7 Å². The highest BCUT2D eigenvalue weighted by molar-refractivity contribution is 6.28. The van der Waals surface area contributed by atoms with Crippen LogP contribution in [0, 0.1) is 5.92 Å². The molecule has 0 saturated carbocycles. The molecular weight excluding hydrogens is 250 g/mol. The number of nitrogens with one attached hydrogen (secondary N) is 2. The Morgan fingerprint density at radius 2 is 2.17 bits per heavy atom. The molecule has 18 heavy (non-hydrogen) atoms. The van der Waals surface area contributed by atoms with Gasteiger partial charge in [-0.25, -0.2) is 4.98 Å². The molecule has 0 spiro atoms. The summed E-state index contributed by atoms with van der Waals surface area (Å²) in [5.41, 5.74) is 1.41. The van der Waals surface area contributed by atoms with Crippen molar-refractivity contribution in [3.05, 3.63) is 11.6 Å². The molecule has 2 N–H and O–H groups in total. The van der Waals surface area contributed by atoms with Crippen molar-refractivity contribution in [1.82, 2.24) is 19.9 Å². The number of rotatable bonds is 6. The highest BCUT2D eigenvalue weighted by Crippen LogP contribution is 2.18. The fraction of sp³-hybridized carbons (Fsp3) is 0.583. The summed E-state index contributed by atoms with van der Waals surface area (Å²) in [6, 6.07) is 0. The number of anilines is 1. The zero-order valence-corrected chi connectivity index (χ0v) is 11.5. The van der Waals surface area contributed by atoms with Gasteiger partial charge in [0.05, 0.1) is 6.33 Å². The maximum absolute atomic E-state index is 5.85.